The molecule has 0 saturated heterocycles. The fourth-order valence-electron chi connectivity index (χ4n) is 4.25. The number of benzene rings is 2. The lowest BCUT2D eigenvalue weighted by Crippen LogP contribution is -2.43. The molecular formula is C24H27FN2OS. The number of anilines is 1. The number of carbonyl (C=O) groups is 1. The highest BCUT2D eigenvalue weighted by atomic mass is 32.1. The first-order valence-electron chi connectivity index (χ1n) is 10.4. The second-order valence-corrected chi connectivity index (χ2v) is 9.02. The summed E-state index contributed by atoms with van der Waals surface area (Å²) in [6, 6.07) is 15.3. The summed E-state index contributed by atoms with van der Waals surface area (Å²) in [6.45, 7) is 2.20. The third kappa shape index (κ3) is 4.30. The summed E-state index contributed by atoms with van der Waals surface area (Å²) >= 11 is 1.88. The number of nitrogens with one attached hydrogen (secondary N) is 1. The van der Waals surface area contributed by atoms with Gasteiger partial charge in [0.1, 0.15) is 5.82 Å². The number of nitrogens with zero attached hydrogens (tertiary/aromatic N) is 1. The van der Waals surface area contributed by atoms with Crippen molar-refractivity contribution in [3.8, 4) is 0 Å². The molecule has 1 N–H and O–H groups in total. The third-order valence-electron chi connectivity index (χ3n) is 6.00. The average Bonchev–Trinajstić information content (AvgIpc) is 3.18. The maximum atomic E-state index is 13.1. The maximum absolute atomic E-state index is 13.1. The quantitative estimate of drug-likeness (QED) is 0.578. The van der Waals surface area contributed by atoms with Crippen molar-refractivity contribution < 1.29 is 9.18 Å². The van der Waals surface area contributed by atoms with E-state index in [1.807, 2.05) is 11.3 Å². The van der Waals surface area contributed by atoms with Gasteiger partial charge in [-0.25, -0.2) is 4.39 Å². The Morgan fingerprint density at radius 2 is 1.86 bits per heavy atom. The first-order valence-corrected chi connectivity index (χ1v) is 11.2. The lowest BCUT2D eigenvalue weighted by molar-refractivity contribution is 0.0926. The number of carbonyl (C=O) groups excluding carboxylic acids is 1. The summed E-state index contributed by atoms with van der Waals surface area (Å²) in [4.78, 5) is 16.2. The molecule has 1 saturated carbocycles. The van der Waals surface area contributed by atoms with E-state index < -0.39 is 0 Å². The highest BCUT2D eigenvalue weighted by Gasteiger charge is 2.26. The molecule has 0 bridgehead atoms. The molecule has 1 amide bonds. The van der Waals surface area contributed by atoms with E-state index >= 15 is 0 Å². The zero-order valence-corrected chi connectivity index (χ0v) is 17.8. The van der Waals surface area contributed by atoms with Gasteiger partial charge >= 0.3 is 0 Å². The van der Waals surface area contributed by atoms with Gasteiger partial charge in [-0.2, -0.15) is 0 Å². The van der Waals surface area contributed by atoms with Gasteiger partial charge in [-0.15, -0.1) is 11.3 Å². The molecule has 0 radical (unpaired) electrons. The van der Waals surface area contributed by atoms with Gasteiger partial charge in [0.05, 0.1) is 0 Å². The van der Waals surface area contributed by atoms with Gasteiger partial charge in [0.25, 0.3) is 5.91 Å². The number of halogens is 1. The summed E-state index contributed by atoms with van der Waals surface area (Å²) in [5.41, 5.74) is 1.82. The molecule has 0 atom stereocenters. The molecule has 2 aromatic carbocycles. The number of thiophene rings is 1. The maximum Gasteiger partial charge on any atom is 0.251 e. The van der Waals surface area contributed by atoms with E-state index in [9.17, 15) is 9.18 Å². The Kier molecular flexibility index (Phi) is 5.86. The van der Waals surface area contributed by atoms with Gasteiger partial charge in [0.15, 0.2) is 0 Å². The Balaban J connectivity index is 1.39. The lowest BCUT2D eigenvalue weighted by Gasteiger charge is -2.36. The smallest absolute Gasteiger partial charge is 0.251 e. The van der Waals surface area contributed by atoms with Crippen molar-refractivity contribution >= 4 is 33.0 Å². The number of amides is 1. The summed E-state index contributed by atoms with van der Waals surface area (Å²) < 4.78 is 14.4. The predicted octanol–water partition coefficient (Wildman–Crippen LogP) is 5.78. The van der Waals surface area contributed by atoms with E-state index in [2.05, 4.69) is 48.5 Å². The molecule has 3 nitrogen and oxygen atoms in total. The number of hydrogen-bond acceptors (Lipinski definition) is 3. The highest BCUT2D eigenvalue weighted by Crippen LogP contribution is 2.36. The monoisotopic (exact) mass is 410 g/mol. The van der Waals surface area contributed by atoms with Crippen LogP contribution in [0.4, 0.5) is 10.1 Å². The Morgan fingerprint density at radius 1 is 1.14 bits per heavy atom. The number of aryl methyl sites for hydroxylation is 1. The van der Waals surface area contributed by atoms with E-state index in [0.717, 1.165) is 32.1 Å². The molecule has 152 valence electrons. The second kappa shape index (κ2) is 8.54. The molecule has 1 fully saturated rings. The molecule has 0 aliphatic heterocycles. The number of hydrogen-bond donors (Lipinski definition) is 1. The van der Waals surface area contributed by atoms with Crippen LogP contribution in [0.3, 0.4) is 0 Å². The van der Waals surface area contributed by atoms with Crippen LogP contribution in [-0.2, 0) is 6.42 Å². The molecule has 5 heteroatoms. The Morgan fingerprint density at radius 3 is 2.55 bits per heavy atom. The van der Waals surface area contributed by atoms with Crippen molar-refractivity contribution in [2.45, 2.75) is 51.1 Å². The fraction of sp³-hybridized carbons (Fsp3) is 0.375. The van der Waals surface area contributed by atoms with Crippen molar-refractivity contribution in [1.82, 2.24) is 5.32 Å². The zero-order valence-electron chi connectivity index (χ0n) is 17.0. The minimum Gasteiger partial charge on any atom is -0.371 e. The van der Waals surface area contributed by atoms with Crippen LogP contribution in [0.15, 0.2) is 48.5 Å². The van der Waals surface area contributed by atoms with Crippen molar-refractivity contribution in [3.63, 3.8) is 0 Å². The molecule has 1 aliphatic rings. The van der Waals surface area contributed by atoms with Crippen LogP contribution in [0.1, 0.15) is 47.8 Å². The summed E-state index contributed by atoms with van der Waals surface area (Å²) in [5.74, 6) is -0.436. The predicted molar refractivity (Wildman–Crippen MR) is 120 cm³/mol. The molecule has 3 aromatic rings. The molecular weight excluding hydrogens is 383 g/mol. The van der Waals surface area contributed by atoms with Crippen molar-refractivity contribution in [2.24, 2.45) is 0 Å². The summed E-state index contributed by atoms with van der Waals surface area (Å²) in [7, 11) is 2.19. The van der Waals surface area contributed by atoms with Crippen LogP contribution in [-0.4, -0.2) is 25.0 Å². The van der Waals surface area contributed by atoms with Gasteiger partial charge in [0.2, 0.25) is 0 Å². The minimum absolute atomic E-state index is 0.114. The van der Waals surface area contributed by atoms with E-state index in [1.54, 1.807) is 0 Å². The van der Waals surface area contributed by atoms with E-state index in [1.165, 1.54) is 44.9 Å². The molecule has 0 spiro atoms. The van der Waals surface area contributed by atoms with Gasteiger partial charge in [-0.1, -0.05) is 13.0 Å². The van der Waals surface area contributed by atoms with Gasteiger partial charge < -0.3 is 10.2 Å². The first kappa shape index (κ1) is 19.9. The molecule has 1 aliphatic carbocycles. The fourth-order valence-corrected chi connectivity index (χ4v) is 5.28. The van der Waals surface area contributed by atoms with Crippen LogP contribution in [0.5, 0.6) is 0 Å². The summed E-state index contributed by atoms with van der Waals surface area (Å²) in [5, 5.41) is 4.47. The third-order valence-corrected chi connectivity index (χ3v) is 7.25. The molecule has 4 rings (SSSR count). The molecule has 1 heterocycles. The molecule has 1 aromatic heterocycles. The summed E-state index contributed by atoms with van der Waals surface area (Å²) in [6.07, 6.45) is 5.09. The largest absolute Gasteiger partial charge is 0.371 e. The van der Waals surface area contributed by atoms with Crippen molar-refractivity contribution in [1.29, 1.82) is 0 Å². The van der Waals surface area contributed by atoms with Crippen LogP contribution in [0.25, 0.3) is 10.1 Å². The Hall–Kier alpha value is -2.40. The van der Waals surface area contributed by atoms with E-state index in [4.69, 9.17) is 0 Å². The lowest BCUT2D eigenvalue weighted by atomic mass is 9.89. The Labute approximate surface area is 175 Å². The average molecular weight is 411 g/mol. The topological polar surface area (TPSA) is 32.3 Å². The second-order valence-electron chi connectivity index (χ2n) is 7.85. The van der Waals surface area contributed by atoms with Gasteiger partial charge in [-0.3, -0.25) is 4.79 Å². The van der Waals surface area contributed by atoms with Crippen LogP contribution >= 0.6 is 11.3 Å². The molecule has 0 unspecified atom stereocenters. The van der Waals surface area contributed by atoms with E-state index in [0.29, 0.717) is 11.6 Å². The van der Waals surface area contributed by atoms with E-state index in [-0.39, 0.29) is 17.8 Å². The van der Waals surface area contributed by atoms with Gasteiger partial charge in [0, 0.05) is 45.3 Å². The SMILES string of the molecule is CCc1cc2c(N(C)[C@H]3CC[C@@H](NC(=O)c4ccc(F)cc4)CC3)cccc2s1. The minimum atomic E-state index is -0.322. The van der Waals surface area contributed by atoms with Crippen LogP contribution < -0.4 is 10.2 Å². The zero-order chi connectivity index (χ0) is 20.4. The standard InChI is InChI=1S/C24H27FN2OS/c1-3-20-15-21-22(5-4-6-23(21)29-20)27(2)19-13-11-18(12-14-19)26-24(28)16-7-9-17(25)10-8-16/h4-10,15,18-19H,3,11-14H2,1-2H3,(H,26,28)/t18-,19+. The molecule has 29 heavy (non-hydrogen) atoms. The highest BCUT2D eigenvalue weighted by molar-refractivity contribution is 7.19. The first-order chi connectivity index (χ1) is 14.0. The number of rotatable bonds is 5. The van der Waals surface area contributed by atoms with Gasteiger partial charge in [-0.05, 0) is 74.6 Å². The normalized spacial score (nSPS) is 19.3. The van der Waals surface area contributed by atoms with Crippen LogP contribution in [0.2, 0.25) is 0 Å². The van der Waals surface area contributed by atoms with Crippen molar-refractivity contribution in [2.75, 3.05) is 11.9 Å². The number of fused-ring (bicyclic) bond motifs is 1. The van der Waals surface area contributed by atoms with Crippen molar-refractivity contribution in [3.05, 3.63) is 64.8 Å². The van der Waals surface area contributed by atoms with Crippen LogP contribution in [0, 0.1) is 5.82 Å². The Bertz CT molecular complexity index is 990.